The van der Waals surface area contributed by atoms with Gasteiger partial charge < -0.3 is 0 Å². The third-order valence-corrected chi connectivity index (χ3v) is 3.19. The number of pyridine rings is 1. The molecule has 1 aromatic heterocycles. The lowest BCUT2D eigenvalue weighted by molar-refractivity contribution is -0.142. The van der Waals surface area contributed by atoms with E-state index in [1.807, 2.05) is 12.1 Å². The molecule has 1 aliphatic rings. The van der Waals surface area contributed by atoms with Crippen molar-refractivity contribution in [3.05, 3.63) is 36.2 Å². The van der Waals surface area contributed by atoms with Gasteiger partial charge in [-0.25, -0.2) is 0 Å². The van der Waals surface area contributed by atoms with Crippen LogP contribution in [0.15, 0.2) is 30.6 Å². The van der Waals surface area contributed by atoms with Crippen LogP contribution < -0.4 is 0 Å². The van der Waals surface area contributed by atoms with E-state index < -0.39 is 0 Å². The second kappa shape index (κ2) is 6.83. The van der Waals surface area contributed by atoms with Gasteiger partial charge in [0.25, 0.3) is 5.91 Å². The third kappa shape index (κ3) is 4.02. The Bertz CT molecular complexity index is 468. The number of carbonyl (C=O) groups excluding carboxylic acids is 2. The van der Waals surface area contributed by atoms with Crippen LogP contribution in [0, 0.1) is 0 Å². The summed E-state index contributed by atoms with van der Waals surface area (Å²) in [6, 6.07) is 3.68. The van der Waals surface area contributed by atoms with E-state index in [1.165, 1.54) is 11.0 Å². The van der Waals surface area contributed by atoms with Gasteiger partial charge in [0.1, 0.15) is 0 Å². The number of amides is 2. The van der Waals surface area contributed by atoms with Crippen LogP contribution in [-0.4, -0.2) is 28.2 Å². The molecule has 4 nitrogen and oxygen atoms in total. The van der Waals surface area contributed by atoms with Crippen molar-refractivity contribution in [1.29, 1.82) is 0 Å². The number of imide groups is 1. The first-order chi connectivity index (χ1) is 9.27. The van der Waals surface area contributed by atoms with Crippen molar-refractivity contribution in [2.24, 2.45) is 0 Å². The van der Waals surface area contributed by atoms with Crippen molar-refractivity contribution >= 4 is 17.9 Å². The molecule has 1 fully saturated rings. The molecule has 0 unspecified atom stereocenters. The van der Waals surface area contributed by atoms with Gasteiger partial charge in [0.2, 0.25) is 5.91 Å². The van der Waals surface area contributed by atoms with E-state index >= 15 is 0 Å². The van der Waals surface area contributed by atoms with E-state index in [9.17, 15) is 9.59 Å². The molecule has 4 heteroatoms. The van der Waals surface area contributed by atoms with Gasteiger partial charge in [-0.2, -0.15) is 0 Å². The molecule has 0 aliphatic carbocycles. The molecule has 0 radical (unpaired) electrons. The van der Waals surface area contributed by atoms with Gasteiger partial charge in [-0.05, 0) is 30.5 Å². The fourth-order valence-electron chi connectivity index (χ4n) is 2.12. The largest absolute Gasteiger partial charge is 0.279 e. The third-order valence-electron chi connectivity index (χ3n) is 3.19. The van der Waals surface area contributed by atoms with Crippen LogP contribution in [0.1, 0.15) is 37.7 Å². The molecule has 19 heavy (non-hydrogen) atoms. The van der Waals surface area contributed by atoms with E-state index in [2.05, 4.69) is 4.98 Å². The van der Waals surface area contributed by atoms with Gasteiger partial charge in [-0.1, -0.05) is 18.9 Å². The predicted molar refractivity (Wildman–Crippen MR) is 73.1 cm³/mol. The van der Waals surface area contributed by atoms with Gasteiger partial charge in [-0.15, -0.1) is 0 Å². The molecular formula is C15H18N2O2. The Hall–Kier alpha value is -1.97. The molecule has 0 bridgehead atoms. The first kappa shape index (κ1) is 13.5. The zero-order chi connectivity index (χ0) is 13.5. The predicted octanol–water partition coefficient (Wildman–Crippen LogP) is 2.41. The zero-order valence-electron chi connectivity index (χ0n) is 10.9. The number of aromatic nitrogens is 1. The lowest BCUT2D eigenvalue weighted by atomic mass is 10.1. The summed E-state index contributed by atoms with van der Waals surface area (Å²) >= 11 is 0. The Morgan fingerprint density at radius 2 is 2.11 bits per heavy atom. The second-order valence-corrected chi connectivity index (χ2v) is 4.67. The van der Waals surface area contributed by atoms with Gasteiger partial charge in [0, 0.05) is 31.4 Å². The molecule has 0 N–H and O–H groups in total. The Morgan fingerprint density at radius 3 is 2.89 bits per heavy atom. The highest BCUT2D eigenvalue weighted by molar-refractivity contribution is 6.02. The molecule has 2 amide bonds. The average Bonchev–Trinajstić information content (AvgIpc) is 2.42. The van der Waals surface area contributed by atoms with Crippen molar-refractivity contribution in [2.75, 3.05) is 6.54 Å². The van der Waals surface area contributed by atoms with Crippen molar-refractivity contribution in [2.45, 2.75) is 32.1 Å². The van der Waals surface area contributed by atoms with Gasteiger partial charge in [-0.3, -0.25) is 19.5 Å². The summed E-state index contributed by atoms with van der Waals surface area (Å²) in [7, 11) is 0. The summed E-state index contributed by atoms with van der Waals surface area (Å²) in [6.07, 6.45) is 10.9. The van der Waals surface area contributed by atoms with Crippen LogP contribution >= 0.6 is 0 Å². The number of nitrogens with zero attached hydrogens (tertiary/aromatic N) is 2. The summed E-state index contributed by atoms with van der Waals surface area (Å²) in [4.78, 5) is 29.3. The number of hydrogen-bond donors (Lipinski definition) is 0. The Balaban J connectivity index is 2.01. The molecule has 0 saturated carbocycles. The number of carbonyl (C=O) groups is 2. The first-order valence-electron chi connectivity index (χ1n) is 6.70. The summed E-state index contributed by atoms with van der Waals surface area (Å²) in [5, 5.41) is 0. The van der Waals surface area contributed by atoms with Crippen LogP contribution in [0.5, 0.6) is 0 Å². The molecule has 1 aromatic rings. The summed E-state index contributed by atoms with van der Waals surface area (Å²) in [5.74, 6) is -0.281. The molecule has 2 rings (SSSR count). The van der Waals surface area contributed by atoms with Crippen molar-refractivity contribution < 1.29 is 9.59 Å². The number of rotatable bonds is 2. The molecule has 1 saturated heterocycles. The number of likely N-dealkylation sites (tertiary alicyclic amines) is 1. The highest BCUT2D eigenvalue weighted by Crippen LogP contribution is 2.12. The molecular weight excluding hydrogens is 240 g/mol. The van der Waals surface area contributed by atoms with Crippen LogP contribution in [-0.2, 0) is 9.59 Å². The minimum absolute atomic E-state index is 0.0551. The molecule has 2 heterocycles. The highest BCUT2D eigenvalue weighted by atomic mass is 16.2. The van der Waals surface area contributed by atoms with Crippen molar-refractivity contribution in [1.82, 2.24) is 9.88 Å². The Morgan fingerprint density at radius 1 is 1.26 bits per heavy atom. The first-order valence-corrected chi connectivity index (χ1v) is 6.70. The lowest BCUT2D eigenvalue weighted by Crippen LogP contribution is -2.37. The average molecular weight is 258 g/mol. The van der Waals surface area contributed by atoms with Gasteiger partial charge in [0.05, 0.1) is 0 Å². The smallest absolute Gasteiger partial charge is 0.253 e. The maximum atomic E-state index is 12.0. The van der Waals surface area contributed by atoms with Crippen LogP contribution in [0.4, 0.5) is 0 Å². The maximum absolute atomic E-state index is 12.0. The monoisotopic (exact) mass is 258 g/mol. The van der Waals surface area contributed by atoms with E-state index in [0.29, 0.717) is 13.0 Å². The molecule has 1 aliphatic heterocycles. The quantitative estimate of drug-likeness (QED) is 0.765. The summed E-state index contributed by atoms with van der Waals surface area (Å²) < 4.78 is 0. The molecule has 0 aromatic carbocycles. The SMILES string of the molecule is O=C(/C=C/c1cccnc1)N1CCCCCCC1=O. The molecule has 100 valence electrons. The lowest BCUT2D eigenvalue weighted by Gasteiger charge is -2.21. The number of hydrogen-bond acceptors (Lipinski definition) is 3. The van der Waals surface area contributed by atoms with Crippen molar-refractivity contribution in [3.63, 3.8) is 0 Å². The Kier molecular flexibility index (Phi) is 4.84. The second-order valence-electron chi connectivity index (χ2n) is 4.67. The fourth-order valence-corrected chi connectivity index (χ4v) is 2.12. The summed E-state index contributed by atoms with van der Waals surface area (Å²) in [5.41, 5.74) is 0.857. The summed E-state index contributed by atoms with van der Waals surface area (Å²) in [6.45, 7) is 0.537. The minimum atomic E-state index is -0.226. The Labute approximate surface area is 113 Å². The van der Waals surface area contributed by atoms with E-state index in [0.717, 1.165) is 31.2 Å². The van der Waals surface area contributed by atoms with Crippen molar-refractivity contribution in [3.8, 4) is 0 Å². The topological polar surface area (TPSA) is 50.3 Å². The normalized spacial score (nSPS) is 17.3. The van der Waals surface area contributed by atoms with Crippen LogP contribution in [0.2, 0.25) is 0 Å². The zero-order valence-corrected chi connectivity index (χ0v) is 10.9. The fraction of sp³-hybridized carbons (Fsp3) is 0.400. The highest BCUT2D eigenvalue weighted by Gasteiger charge is 2.19. The van der Waals surface area contributed by atoms with E-state index in [4.69, 9.17) is 0 Å². The van der Waals surface area contributed by atoms with E-state index in [-0.39, 0.29) is 11.8 Å². The molecule has 0 spiro atoms. The van der Waals surface area contributed by atoms with Crippen LogP contribution in [0.25, 0.3) is 6.08 Å². The standard InChI is InChI=1S/C15H18N2O2/c18-14-7-3-1-2-4-11-17(14)15(19)9-8-13-6-5-10-16-12-13/h5-6,8-10,12H,1-4,7,11H2/b9-8+. The minimum Gasteiger partial charge on any atom is -0.279 e. The van der Waals surface area contributed by atoms with Crippen LogP contribution in [0.3, 0.4) is 0 Å². The molecule has 0 atom stereocenters. The van der Waals surface area contributed by atoms with Gasteiger partial charge in [0.15, 0.2) is 0 Å². The van der Waals surface area contributed by atoms with Gasteiger partial charge >= 0.3 is 0 Å². The maximum Gasteiger partial charge on any atom is 0.253 e. The van der Waals surface area contributed by atoms with E-state index in [1.54, 1.807) is 18.5 Å².